The summed E-state index contributed by atoms with van der Waals surface area (Å²) in [6, 6.07) is 4.67. The van der Waals surface area contributed by atoms with Gasteiger partial charge in [-0.1, -0.05) is 13.8 Å². The maximum atomic E-state index is 12.0. The predicted molar refractivity (Wildman–Crippen MR) is 90.2 cm³/mol. The molecule has 0 unspecified atom stereocenters. The number of nitrogens with one attached hydrogen (secondary N) is 2. The first-order valence-electron chi connectivity index (χ1n) is 7.95. The molecule has 1 aromatic rings. The van der Waals surface area contributed by atoms with Crippen LogP contribution in [0.2, 0.25) is 0 Å². The second kappa shape index (κ2) is 10.2. The van der Waals surface area contributed by atoms with Gasteiger partial charge >= 0.3 is 5.97 Å². The van der Waals surface area contributed by atoms with E-state index in [1.807, 2.05) is 20.8 Å². The van der Waals surface area contributed by atoms with Gasteiger partial charge in [-0.05, 0) is 31.0 Å². The molecular weight excluding hydrogens is 328 g/mol. The lowest BCUT2D eigenvalue weighted by Gasteiger charge is -2.14. The third kappa shape index (κ3) is 7.56. The van der Waals surface area contributed by atoms with E-state index in [0.717, 1.165) is 0 Å². The van der Waals surface area contributed by atoms with E-state index in [1.165, 1.54) is 19.1 Å². The van der Waals surface area contributed by atoms with Gasteiger partial charge in [0.05, 0.1) is 18.8 Å². The fraction of sp³-hybridized carbons (Fsp3) is 0.471. The molecule has 0 bridgehead atoms. The van der Waals surface area contributed by atoms with Crippen molar-refractivity contribution in [1.29, 1.82) is 0 Å². The molecule has 0 atom stereocenters. The summed E-state index contributed by atoms with van der Waals surface area (Å²) in [6.07, 6.45) is 0. The Bertz CT molecular complexity index is 615. The number of esters is 1. The summed E-state index contributed by atoms with van der Waals surface area (Å²) in [5, 5.41) is 0. The van der Waals surface area contributed by atoms with Crippen molar-refractivity contribution in [3.05, 3.63) is 23.8 Å². The Labute approximate surface area is 146 Å². The minimum Gasteiger partial charge on any atom is -0.490 e. The molecule has 8 nitrogen and oxygen atoms in total. The molecule has 0 fully saturated rings. The average molecular weight is 352 g/mol. The quantitative estimate of drug-likeness (QED) is 0.542. The van der Waals surface area contributed by atoms with Gasteiger partial charge in [-0.25, -0.2) is 4.79 Å². The highest BCUT2D eigenvalue weighted by Crippen LogP contribution is 2.29. The summed E-state index contributed by atoms with van der Waals surface area (Å²) in [5.74, 6) is -0.449. The Hall–Kier alpha value is -2.77. The van der Waals surface area contributed by atoms with E-state index < -0.39 is 24.4 Å². The highest BCUT2D eigenvalue weighted by atomic mass is 16.5. The summed E-state index contributed by atoms with van der Waals surface area (Å²) in [4.78, 5) is 34.1. The van der Waals surface area contributed by atoms with E-state index in [1.54, 1.807) is 6.07 Å². The van der Waals surface area contributed by atoms with E-state index in [-0.39, 0.29) is 5.56 Å². The highest BCUT2D eigenvalue weighted by Gasteiger charge is 2.14. The molecule has 2 N–H and O–H groups in total. The molecule has 1 rings (SSSR count). The molecule has 0 spiro atoms. The van der Waals surface area contributed by atoms with Crippen molar-refractivity contribution in [2.24, 2.45) is 5.92 Å². The lowest BCUT2D eigenvalue weighted by Crippen LogP contribution is -2.42. The monoisotopic (exact) mass is 352 g/mol. The number of ether oxygens (including phenoxy) is 3. The maximum Gasteiger partial charge on any atom is 0.338 e. The molecule has 0 heterocycles. The van der Waals surface area contributed by atoms with Crippen molar-refractivity contribution in [2.45, 2.75) is 27.7 Å². The highest BCUT2D eigenvalue weighted by molar-refractivity contribution is 5.92. The number of carbonyl (C=O) groups is 3. The molecule has 8 heteroatoms. The van der Waals surface area contributed by atoms with Crippen LogP contribution in [0.4, 0.5) is 0 Å². The zero-order valence-corrected chi connectivity index (χ0v) is 14.9. The van der Waals surface area contributed by atoms with Crippen LogP contribution in [0, 0.1) is 5.92 Å². The molecule has 25 heavy (non-hydrogen) atoms. The topological polar surface area (TPSA) is 103 Å². The smallest absolute Gasteiger partial charge is 0.338 e. The summed E-state index contributed by atoms with van der Waals surface area (Å²) >= 11 is 0. The van der Waals surface area contributed by atoms with Crippen LogP contribution >= 0.6 is 0 Å². The largest absolute Gasteiger partial charge is 0.490 e. The minimum atomic E-state index is -0.686. The van der Waals surface area contributed by atoms with Crippen LogP contribution in [0.5, 0.6) is 11.5 Å². The number of benzene rings is 1. The standard InChI is InChI=1S/C17H24N2O6/c1-5-23-15-8-13(6-7-14(15)24-9-11(2)3)17(22)25-10-16(21)19-18-12(4)20/h6-8,11H,5,9-10H2,1-4H3,(H,18,20)(H,19,21). The number of carbonyl (C=O) groups excluding carboxylic acids is 3. The number of rotatable bonds is 8. The normalized spacial score (nSPS) is 10.1. The molecular formula is C17H24N2O6. The molecule has 0 aliphatic heterocycles. The van der Waals surface area contributed by atoms with E-state index in [9.17, 15) is 14.4 Å². The molecule has 0 saturated heterocycles. The summed E-state index contributed by atoms with van der Waals surface area (Å²) in [6.45, 7) is 7.53. The molecule has 0 aliphatic rings. The zero-order chi connectivity index (χ0) is 18.8. The average Bonchev–Trinajstić information content (AvgIpc) is 2.56. The van der Waals surface area contributed by atoms with Crippen LogP contribution < -0.4 is 20.3 Å². The van der Waals surface area contributed by atoms with Gasteiger partial charge < -0.3 is 14.2 Å². The van der Waals surface area contributed by atoms with Gasteiger partial charge in [0.25, 0.3) is 5.91 Å². The molecule has 2 amide bonds. The Balaban J connectivity index is 2.70. The first-order valence-corrected chi connectivity index (χ1v) is 7.95. The van der Waals surface area contributed by atoms with E-state index >= 15 is 0 Å². The van der Waals surface area contributed by atoms with Crippen LogP contribution in [0.15, 0.2) is 18.2 Å². The van der Waals surface area contributed by atoms with Gasteiger partial charge in [0.2, 0.25) is 5.91 Å². The van der Waals surface area contributed by atoms with Crippen molar-refractivity contribution in [2.75, 3.05) is 19.8 Å². The van der Waals surface area contributed by atoms with E-state index in [2.05, 4.69) is 10.9 Å². The van der Waals surface area contributed by atoms with Gasteiger partial charge in [-0.15, -0.1) is 0 Å². The van der Waals surface area contributed by atoms with Gasteiger partial charge in [0.15, 0.2) is 18.1 Å². The molecule has 0 radical (unpaired) electrons. The number of hydrazine groups is 1. The summed E-state index contributed by atoms with van der Waals surface area (Å²) in [5.41, 5.74) is 4.42. The Morgan fingerprint density at radius 3 is 2.40 bits per heavy atom. The second-order valence-corrected chi connectivity index (χ2v) is 5.60. The van der Waals surface area contributed by atoms with Crippen molar-refractivity contribution >= 4 is 17.8 Å². The van der Waals surface area contributed by atoms with Gasteiger partial charge in [-0.3, -0.25) is 20.4 Å². The van der Waals surface area contributed by atoms with Crippen LogP contribution in [0.25, 0.3) is 0 Å². The number of amides is 2. The zero-order valence-electron chi connectivity index (χ0n) is 14.9. The molecule has 138 valence electrons. The SMILES string of the molecule is CCOc1cc(C(=O)OCC(=O)NNC(C)=O)ccc1OCC(C)C. The second-order valence-electron chi connectivity index (χ2n) is 5.60. The van der Waals surface area contributed by atoms with E-state index in [0.29, 0.717) is 30.6 Å². The molecule has 0 aliphatic carbocycles. The number of hydrogen-bond donors (Lipinski definition) is 2. The molecule has 1 aromatic carbocycles. The number of hydrogen-bond acceptors (Lipinski definition) is 6. The Morgan fingerprint density at radius 1 is 1.08 bits per heavy atom. The van der Waals surface area contributed by atoms with Crippen molar-refractivity contribution in [1.82, 2.24) is 10.9 Å². The fourth-order valence-corrected chi connectivity index (χ4v) is 1.69. The van der Waals surface area contributed by atoms with Crippen molar-refractivity contribution in [3.8, 4) is 11.5 Å². The van der Waals surface area contributed by atoms with Gasteiger partial charge in [-0.2, -0.15) is 0 Å². The van der Waals surface area contributed by atoms with Crippen molar-refractivity contribution in [3.63, 3.8) is 0 Å². The van der Waals surface area contributed by atoms with Crippen LogP contribution in [-0.4, -0.2) is 37.6 Å². The predicted octanol–water partition coefficient (Wildman–Crippen LogP) is 1.44. The van der Waals surface area contributed by atoms with Gasteiger partial charge in [0.1, 0.15) is 0 Å². The summed E-state index contributed by atoms with van der Waals surface area (Å²) < 4.78 is 16.0. The fourth-order valence-electron chi connectivity index (χ4n) is 1.69. The lowest BCUT2D eigenvalue weighted by atomic mass is 10.2. The third-order valence-electron chi connectivity index (χ3n) is 2.76. The van der Waals surface area contributed by atoms with Crippen LogP contribution in [0.1, 0.15) is 38.1 Å². The van der Waals surface area contributed by atoms with Crippen LogP contribution in [-0.2, 0) is 14.3 Å². The maximum absolute atomic E-state index is 12.0. The summed E-state index contributed by atoms with van der Waals surface area (Å²) in [7, 11) is 0. The first kappa shape index (κ1) is 20.3. The first-order chi connectivity index (χ1) is 11.8. The minimum absolute atomic E-state index is 0.229. The Kier molecular flexibility index (Phi) is 8.25. The van der Waals surface area contributed by atoms with E-state index in [4.69, 9.17) is 14.2 Å². The van der Waals surface area contributed by atoms with Crippen molar-refractivity contribution < 1.29 is 28.6 Å². The third-order valence-corrected chi connectivity index (χ3v) is 2.76. The lowest BCUT2D eigenvalue weighted by molar-refractivity contribution is -0.129. The van der Waals surface area contributed by atoms with Crippen LogP contribution in [0.3, 0.4) is 0 Å². The molecule has 0 aromatic heterocycles. The van der Waals surface area contributed by atoms with Gasteiger partial charge in [0, 0.05) is 6.92 Å². The molecule has 0 saturated carbocycles. The Morgan fingerprint density at radius 2 is 1.80 bits per heavy atom.